The Bertz CT molecular complexity index is 599. The Morgan fingerprint density at radius 2 is 2.21 bits per heavy atom. The zero-order valence-electron chi connectivity index (χ0n) is 10.3. The molecule has 0 saturated carbocycles. The molecule has 1 aromatic carbocycles. The van der Waals surface area contributed by atoms with E-state index >= 15 is 0 Å². The number of ether oxygens (including phenoxy) is 1. The van der Waals surface area contributed by atoms with Crippen molar-refractivity contribution in [2.24, 2.45) is 4.99 Å². The number of benzene rings is 1. The second-order valence-corrected chi connectivity index (χ2v) is 3.99. The third-order valence-corrected chi connectivity index (χ3v) is 2.70. The standard InChI is InChI=1S/C12H10N4O2S/c1-18-11(17)10-5-9(4-3-8(10)6-13)16-12(19-2)15-7-14/h3-5H,1-2H3,(H,15,16). The summed E-state index contributed by atoms with van der Waals surface area (Å²) in [6.45, 7) is 0. The molecule has 0 aliphatic rings. The lowest BCUT2D eigenvalue weighted by atomic mass is 10.1. The van der Waals surface area contributed by atoms with E-state index in [4.69, 9.17) is 10.5 Å². The van der Waals surface area contributed by atoms with Crippen LogP contribution in [0.15, 0.2) is 23.2 Å². The maximum atomic E-state index is 11.5. The van der Waals surface area contributed by atoms with Crippen LogP contribution in [0, 0.1) is 22.8 Å². The van der Waals surface area contributed by atoms with Gasteiger partial charge in [-0.25, -0.2) is 9.79 Å². The quantitative estimate of drug-likeness (QED) is 0.290. The van der Waals surface area contributed by atoms with Crippen LogP contribution in [-0.2, 0) is 4.74 Å². The van der Waals surface area contributed by atoms with Gasteiger partial charge in [-0.05, 0) is 24.5 Å². The van der Waals surface area contributed by atoms with Gasteiger partial charge in [-0.2, -0.15) is 10.5 Å². The molecule has 0 heterocycles. The van der Waals surface area contributed by atoms with Crippen LogP contribution in [0.5, 0.6) is 0 Å². The first kappa shape index (κ1) is 14.6. The van der Waals surface area contributed by atoms with E-state index in [1.54, 1.807) is 18.5 Å². The predicted molar refractivity (Wildman–Crippen MR) is 71.9 cm³/mol. The molecular formula is C12H10N4O2S. The molecule has 1 aromatic rings. The summed E-state index contributed by atoms with van der Waals surface area (Å²) in [5.74, 6) is -0.604. The molecule has 0 fully saturated rings. The molecule has 1 rings (SSSR count). The van der Waals surface area contributed by atoms with E-state index < -0.39 is 5.97 Å². The lowest BCUT2D eigenvalue weighted by Gasteiger charge is -2.04. The fourth-order valence-electron chi connectivity index (χ4n) is 1.27. The highest BCUT2D eigenvalue weighted by atomic mass is 32.2. The summed E-state index contributed by atoms with van der Waals surface area (Å²) in [6.07, 6.45) is 3.52. The fraction of sp³-hybridized carbons (Fsp3) is 0.167. The van der Waals surface area contributed by atoms with Gasteiger partial charge in [0.15, 0.2) is 11.4 Å². The van der Waals surface area contributed by atoms with Crippen LogP contribution >= 0.6 is 11.8 Å². The SMILES string of the molecule is COC(=O)c1cc(N=C(NC#N)SC)ccc1C#N. The molecule has 0 spiro atoms. The topological polar surface area (TPSA) is 98.3 Å². The summed E-state index contributed by atoms with van der Waals surface area (Å²) in [4.78, 5) is 15.7. The van der Waals surface area contributed by atoms with E-state index in [2.05, 4.69) is 15.0 Å². The molecule has 0 aliphatic heterocycles. The van der Waals surface area contributed by atoms with Gasteiger partial charge in [-0.3, -0.25) is 5.32 Å². The van der Waals surface area contributed by atoms with E-state index in [-0.39, 0.29) is 11.1 Å². The molecule has 1 N–H and O–H groups in total. The average Bonchev–Trinajstić information content (AvgIpc) is 2.45. The summed E-state index contributed by atoms with van der Waals surface area (Å²) in [5, 5.41) is 20.3. The number of carbonyl (C=O) groups excluding carboxylic acids is 1. The molecule has 0 aromatic heterocycles. The van der Waals surface area contributed by atoms with Gasteiger partial charge < -0.3 is 4.74 Å². The number of esters is 1. The van der Waals surface area contributed by atoms with E-state index in [0.717, 1.165) is 0 Å². The molecular weight excluding hydrogens is 264 g/mol. The monoisotopic (exact) mass is 274 g/mol. The highest BCUT2D eigenvalue weighted by Gasteiger charge is 2.12. The highest BCUT2D eigenvalue weighted by molar-refractivity contribution is 8.13. The van der Waals surface area contributed by atoms with Crippen molar-refractivity contribution in [1.29, 1.82) is 10.5 Å². The van der Waals surface area contributed by atoms with Crippen molar-refractivity contribution in [2.75, 3.05) is 13.4 Å². The number of carbonyl (C=O) groups is 1. The molecule has 0 radical (unpaired) electrons. The summed E-state index contributed by atoms with van der Waals surface area (Å²) in [7, 11) is 1.24. The first-order valence-electron chi connectivity index (χ1n) is 5.06. The molecule has 0 saturated heterocycles. The molecule has 0 aliphatic carbocycles. The van der Waals surface area contributed by atoms with Crippen LogP contribution in [-0.4, -0.2) is 24.5 Å². The minimum Gasteiger partial charge on any atom is -0.465 e. The van der Waals surface area contributed by atoms with Gasteiger partial charge in [0.1, 0.15) is 6.07 Å². The number of nitrogens with zero attached hydrogens (tertiary/aromatic N) is 3. The predicted octanol–water partition coefficient (Wildman–Crippen LogP) is 1.77. The van der Waals surface area contributed by atoms with Crippen LogP contribution in [0.4, 0.5) is 5.69 Å². The van der Waals surface area contributed by atoms with Gasteiger partial charge in [-0.1, -0.05) is 11.8 Å². The Kier molecular flexibility index (Phi) is 5.39. The van der Waals surface area contributed by atoms with Crippen molar-refractivity contribution in [2.45, 2.75) is 0 Å². The Morgan fingerprint density at radius 3 is 2.74 bits per heavy atom. The zero-order chi connectivity index (χ0) is 14.3. The minimum absolute atomic E-state index is 0.142. The van der Waals surface area contributed by atoms with Gasteiger partial charge in [0, 0.05) is 0 Å². The first-order chi connectivity index (χ1) is 9.15. The number of amidine groups is 1. The molecule has 19 heavy (non-hydrogen) atoms. The van der Waals surface area contributed by atoms with Gasteiger partial charge in [-0.15, -0.1) is 0 Å². The fourth-order valence-corrected chi connectivity index (χ4v) is 1.61. The second-order valence-electron chi connectivity index (χ2n) is 3.19. The normalized spacial score (nSPS) is 10.2. The highest BCUT2D eigenvalue weighted by Crippen LogP contribution is 2.20. The summed E-state index contributed by atoms with van der Waals surface area (Å²) >= 11 is 1.25. The number of methoxy groups -OCH3 is 1. The molecule has 0 amide bonds. The Balaban J connectivity index is 3.23. The van der Waals surface area contributed by atoms with E-state index in [9.17, 15) is 4.79 Å². The number of nitrogens with one attached hydrogen (secondary N) is 1. The molecule has 7 heteroatoms. The van der Waals surface area contributed by atoms with E-state index in [1.807, 2.05) is 6.07 Å². The first-order valence-corrected chi connectivity index (χ1v) is 6.29. The maximum Gasteiger partial charge on any atom is 0.339 e. The van der Waals surface area contributed by atoms with Gasteiger partial charge in [0.2, 0.25) is 0 Å². The lowest BCUT2D eigenvalue weighted by molar-refractivity contribution is 0.0600. The maximum absolute atomic E-state index is 11.5. The number of thioether (sulfide) groups is 1. The smallest absolute Gasteiger partial charge is 0.339 e. The lowest BCUT2D eigenvalue weighted by Crippen LogP contribution is -2.12. The number of hydrogen-bond donors (Lipinski definition) is 1. The van der Waals surface area contributed by atoms with Crippen LogP contribution in [0.2, 0.25) is 0 Å². The van der Waals surface area contributed by atoms with Crippen molar-refractivity contribution in [3.63, 3.8) is 0 Å². The molecule has 96 valence electrons. The van der Waals surface area contributed by atoms with Crippen molar-refractivity contribution < 1.29 is 9.53 Å². The second kappa shape index (κ2) is 7.04. The van der Waals surface area contributed by atoms with Gasteiger partial charge in [0.25, 0.3) is 0 Å². The van der Waals surface area contributed by atoms with Crippen molar-refractivity contribution in [3.05, 3.63) is 29.3 Å². The Labute approximate surface area is 114 Å². The Hall–Kier alpha value is -2.51. The van der Waals surface area contributed by atoms with Crippen LogP contribution in [0.1, 0.15) is 15.9 Å². The molecule has 6 nitrogen and oxygen atoms in total. The summed E-state index contributed by atoms with van der Waals surface area (Å²) < 4.78 is 4.60. The third-order valence-electron chi connectivity index (χ3n) is 2.12. The number of aliphatic imine (C=N–C) groups is 1. The molecule has 0 atom stereocenters. The summed E-state index contributed by atoms with van der Waals surface area (Å²) in [5.41, 5.74) is 0.805. The molecule has 0 unspecified atom stereocenters. The number of hydrogen-bond acceptors (Lipinski definition) is 6. The molecule has 0 bridgehead atoms. The number of nitriles is 2. The van der Waals surface area contributed by atoms with Crippen LogP contribution < -0.4 is 5.32 Å². The van der Waals surface area contributed by atoms with Gasteiger partial charge in [0.05, 0.1) is 23.9 Å². The van der Waals surface area contributed by atoms with Crippen molar-refractivity contribution in [1.82, 2.24) is 5.32 Å². The summed E-state index contributed by atoms with van der Waals surface area (Å²) in [6, 6.07) is 6.42. The van der Waals surface area contributed by atoms with E-state index in [1.165, 1.54) is 31.0 Å². The minimum atomic E-state index is -0.604. The third kappa shape index (κ3) is 3.73. The van der Waals surface area contributed by atoms with Crippen molar-refractivity contribution >= 4 is 28.6 Å². The number of rotatable bonds is 2. The van der Waals surface area contributed by atoms with Crippen molar-refractivity contribution in [3.8, 4) is 12.3 Å². The zero-order valence-corrected chi connectivity index (χ0v) is 11.1. The van der Waals surface area contributed by atoms with E-state index in [0.29, 0.717) is 10.9 Å². The van der Waals surface area contributed by atoms with Crippen LogP contribution in [0.25, 0.3) is 0 Å². The van der Waals surface area contributed by atoms with Gasteiger partial charge >= 0.3 is 5.97 Å². The van der Waals surface area contributed by atoms with Crippen LogP contribution in [0.3, 0.4) is 0 Å². The Morgan fingerprint density at radius 1 is 1.47 bits per heavy atom. The average molecular weight is 274 g/mol. The largest absolute Gasteiger partial charge is 0.465 e.